The predicted octanol–water partition coefficient (Wildman–Crippen LogP) is 5.45. The van der Waals surface area contributed by atoms with Crippen LogP contribution in [0.4, 0.5) is 0 Å². The highest BCUT2D eigenvalue weighted by atomic mass is 79.9. The van der Waals surface area contributed by atoms with E-state index in [1.54, 1.807) is 0 Å². The van der Waals surface area contributed by atoms with Crippen molar-refractivity contribution in [1.82, 2.24) is 5.32 Å². The van der Waals surface area contributed by atoms with Gasteiger partial charge in [-0.1, -0.05) is 55.6 Å². The lowest BCUT2D eigenvalue weighted by molar-refractivity contribution is 0.683. The van der Waals surface area contributed by atoms with Crippen molar-refractivity contribution in [3.8, 4) is 0 Å². The standard InChI is InChI=1S/C17H19Br2N/c1-10-5-6-11(2)13(7-10)17(20-4)14-9-15(18)12(3)8-16(14)19/h5-9,17,20H,1-4H3. The van der Waals surface area contributed by atoms with E-state index in [4.69, 9.17) is 0 Å². The summed E-state index contributed by atoms with van der Waals surface area (Å²) in [5, 5.41) is 3.44. The zero-order chi connectivity index (χ0) is 14.9. The van der Waals surface area contributed by atoms with Crippen LogP contribution in [0.5, 0.6) is 0 Å². The van der Waals surface area contributed by atoms with Crippen LogP contribution < -0.4 is 5.32 Å². The third-order valence-electron chi connectivity index (χ3n) is 3.62. The highest BCUT2D eigenvalue weighted by Crippen LogP contribution is 2.34. The molecule has 2 aromatic rings. The molecular weight excluding hydrogens is 378 g/mol. The van der Waals surface area contributed by atoms with E-state index in [9.17, 15) is 0 Å². The van der Waals surface area contributed by atoms with Crippen LogP contribution >= 0.6 is 31.9 Å². The van der Waals surface area contributed by atoms with Crippen molar-refractivity contribution in [2.45, 2.75) is 26.8 Å². The molecule has 0 aromatic heterocycles. The molecular formula is C17H19Br2N. The summed E-state index contributed by atoms with van der Waals surface area (Å²) in [6, 6.07) is 11.1. The third kappa shape index (κ3) is 3.16. The molecule has 0 saturated carbocycles. The summed E-state index contributed by atoms with van der Waals surface area (Å²) in [4.78, 5) is 0. The average molecular weight is 397 g/mol. The topological polar surface area (TPSA) is 12.0 Å². The maximum atomic E-state index is 3.70. The second-order valence-electron chi connectivity index (χ2n) is 5.20. The van der Waals surface area contributed by atoms with Gasteiger partial charge in [0.2, 0.25) is 0 Å². The first-order chi connectivity index (χ1) is 9.43. The van der Waals surface area contributed by atoms with Crippen molar-refractivity contribution in [1.29, 1.82) is 0 Å². The molecule has 0 aliphatic heterocycles. The third-order valence-corrected chi connectivity index (χ3v) is 5.16. The zero-order valence-electron chi connectivity index (χ0n) is 12.2. The molecule has 2 aromatic carbocycles. The van der Waals surface area contributed by atoms with Crippen molar-refractivity contribution < 1.29 is 0 Å². The van der Waals surface area contributed by atoms with Gasteiger partial charge in [0.05, 0.1) is 6.04 Å². The fourth-order valence-corrected chi connectivity index (χ4v) is 3.48. The zero-order valence-corrected chi connectivity index (χ0v) is 15.4. The first-order valence-corrected chi connectivity index (χ1v) is 8.22. The molecule has 1 atom stereocenters. The number of nitrogens with one attached hydrogen (secondary N) is 1. The van der Waals surface area contributed by atoms with Gasteiger partial charge >= 0.3 is 0 Å². The predicted molar refractivity (Wildman–Crippen MR) is 93.4 cm³/mol. The van der Waals surface area contributed by atoms with Crippen LogP contribution in [0.1, 0.15) is 33.9 Å². The maximum Gasteiger partial charge on any atom is 0.0588 e. The molecule has 0 spiro atoms. The number of aryl methyl sites for hydroxylation is 3. The first-order valence-electron chi connectivity index (χ1n) is 6.64. The van der Waals surface area contributed by atoms with Gasteiger partial charge < -0.3 is 5.32 Å². The smallest absolute Gasteiger partial charge is 0.0588 e. The van der Waals surface area contributed by atoms with Gasteiger partial charge in [0.25, 0.3) is 0 Å². The van der Waals surface area contributed by atoms with Crippen LogP contribution in [0.3, 0.4) is 0 Å². The van der Waals surface area contributed by atoms with E-state index in [1.807, 2.05) is 7.05 Å². The van der Waals surface area contributed by atoms with Gasteiger partial charge in [0, 0.05) is 8.95 Å². The fraction of sp³-hybridized carbons (Fsp3) is 0.294. The molecule has 3 heteroatoms. The molecule has 1 unspecified atom stereocenters. The number of halogens is 2. The normalized spacial score (nSPS) is 12.5. The summed E-state index contributed by atoms with van der Waals surface area (Å²) in [5.41, 5.74) is 6.39. The Hall–Kier alpha value is -0.640. The summed E-state index contributed by atoms with van der Waals surface area (Å²) in [5.74, 6) is 0. The Labute approximate surface area is 138 Å². The molecule has 0 bridgehead atoms. The van der Waals surface area contributed by atoms with Crippen molar-refractivity contribution in [2.24, 2.45) is 0 Å². The fourth-order valence-electron chi connectivity index (χ4n) is 2.43. The maximum absolute atomic E-state index is 3.70. The lowest BCUT2D eigenvalue weighted by Gasteiger charge is -2.22. The van der Waals surface area contributed by atoms with Crippen molar-refractivity contribution in [2.75, 3.05) is 7.05 Å². The largest absolute Gasteiger partial charge is 0.309 e. The molecule has 20 heavy (non-hydrogen) atoms. The van der Waals surface area contributed by atoms with E-state index in [0.29, 0.717) is 0 Å². The molecule has 0 fully saturated rings. The molecule has 0 radical (unpaired) electrons. The van der Waals surface area contributed by atoms with E-state index < -0.39 is 0 Å². The van der Waals surface area contributed by atoms with Crippen LogP contribution in [-0.4, -0.2) is 7.05 Å². The molecule has 0 aliphatic rings. The average Bonchev–Trinajstić information content (AvgIpc) is 2.40. The van der Waals surface area contributed by atoms with Crippen molar-refractivity contribution in [3.63, 3.8) is 0 Å². The molecule has 1 N–H and O–H groups in total. The summed E-state index contributed by atoms with van der Waals surface area (Å²) in [6.45, 7) is 6.40. The number of benzene rings is 2. The van der Waals surface area contributed by atoms with Gasteiger partial charge in [0.1, 0.15) is 0 Å². The van der Waals surface area contributed by atoms with E-state index in [1.165, 1.54) is 27.8 Å². The molecule has 1 nitrogen and oxygen atoms in total. The number of rotatable bonds is 3. The first kappa shape index (κ1) is 15.7. The second-order valence-corrected chi connectivity index (χ2v) is 6.91. The van der Waals surface area contributed by atoms with Crippen LogP contribution in [-0.2, 0) is 0 Å². The van der Waals surface area contributed by atoms with Crippen molar-refractivity contribution in [3.05, 3.63) is 67.1 Å². The van der Waals surface area contributed by atoms with Gasteiger partial charge in [-0.25, -0.2) is 0 Å². The Balaban J connectivity index is 2.58. The summed E-state index contributed by atoms with van der Waals surface area (Å²) in [6.07, 6.45) is 0. The van der Waals surface area contributed by atoms with E-state index in [2.05, 4.69) is 88.3 Å². The Kier molecular flexibility index (Phi) is 5.05. The quantitative estimate of drug-likeness (QED) is 0.727. The summed E-state index contributed by atoms with van der Waals surface area (Å²) >= 11 is 7.34. The minimum atomic E-state index is 0.182. The summed E-state index contributed by atoms with van der Waals surface area (Å²) < 4.78 is 2.28. The van der Waals surface area contributed by atoms with Gasteiger partial charge in [-0.15, -0.1) is 0 Å². The molecule has 0 saturated heterocycles. The van der Waals surface area contributed by atoms with Gasteiger partial charge in [-0.3, -0.25) is 0 Å². The number of hydrogen-bond acceptors (Lipinski definition) is 1. The van der Waals surface area contributed by atoms with E-state index in [0.717, 1.165) is 8.95 Å². The van der Waals surface area contributed by atoms with Crippen LogP contribution in [0, 0.1) is 20.8 Å². The van der Waals surface area contributed by atoms with Crippen molar-refractivity contribution >= 4 is 31.9 Å². The molecule has 106 valence electrons. The summed E-state index contributed by atoms with van der Waals surface area (Å²) in [7, 11) is 2.01. The van der Waals surface area contributed by atoms with Crippen LogP contribution in [0.25, 0.3) is 0 Å². The van der Waals surface area contributed by atoms with Crippen LogP contribution in [0.15, 0.2) is 39.3 Å². The molecule has 0 heterocycles. The molecule has 0 amide bonds. The second kappa shape index (κ2) is 6.42. The SMILES string of the molecule is CNC(c1cc(C)ccc1C)c1cc(Br)c(C)cc1Br. The Bertz CT molecular complexity index is 635. The number of hydrogen-bond donors (Lipinski definition) is 1. The van der Waals surface area contributed by atoms with Gasteiger partial charge in [-0.2, -0.15) is 0 Å². The highest BCUT2D eigenvalue weighted by Gasteiger charge is 2.18. The van der Waals surface area contributed by atoms with Gasteiger partial charge in [0.15, 0.2) is 0 Å². The molecule has 0 aliphatic carbocycles. The minimum absolute atomic E-state index is 0.182. The Morgan fingerprint density at radius 1 is 0.850 bits per heavy atom. The Morgan fingerprint density at radius 3 is 2.20 bits per heavy atom. The molecule has 2 rings (SSSR count). The van der Waals surface area contributed by atoms with E-state index in [-0.39, 0.29) is 6.04 Å². The highest BCUT2D eigenvalue weighted by molar-refractivity contribution is 9.11. The minimum Gasteiger partial charge on any atom is -0.309 e. The monoisotopic (exact) mass is 395 g/mol. The van der Waals surface area contributed by atoms with Crippen LogP contribution in [0.2, 0.25) is 0 Å². The lowest BCUT2D eigenvalue weighted by Crippen LogP contribution is -2.19. The van der Waals surface area contributed by atoms with E-state index >= 15 is 0 Å². The Morgan fingerprint density at radius 2 is 1.55 bits per heavy atom. The lowest BCUT2D eigenvalue weighted by atomic mass is 9.93. The van der Waals surface area contributed by atoms with Gasteiger partial charge in [-0.05, 0) is 62.2 Å².